The van der Waals surface area contributed by atoms with Gasteiger partial charge in [-0.15, -0.1) is 13.2 Å². The van der Waals surface area contributed by atoms with Crippen molar-refractivity contribution in [2.75, 3.05) is 20.1 Å². The lowest BCUT2D eigenvalue weighted by Crippen LogP contribution is -2.34. The van der Waals surface area contributed by atoms with Crippen LogP contribution in [0.5, 0.6) is 5.75 Å². The molecule has 5 nitrogen and oxygen atoms in total. The molecule has 0 aliphatic carbocycles. The lowest BCUT2D eigenvalue weighted by molar-refractivity contribution is -0.274. The number of imidazole rings is 1. The van der Waals surface area contributed by atoms with Crippen molar-refractivity contribution in [2.24, 2.45) is 0 Å². The summed E-state index contributed by atoms with van der Waals surface area (Å²) < 4.78 is 50.8. The minimum atomic E-state index is -4.78. The highest BCUT2D eigenvalue weighted by Crippen LogP contribution is 2.32. The van der Waals surface area contributed by atoms with Crippen LogP contribution >= 0.6 is 0 Å². The molecule has 8 heteroatoms. The van der Waals surface area contributed by atoms with Crippen LogP contribution in [0.15, 0.2) is 48.5 Å². The Bertz CT molecular complexity index is 979. The van der Waals surface area contributed by atoms with Crippen LogP contribution in [0.3, 0.4) is 0 Å². The second-order valence-corrected chi connectivity index (χ2v) is 7.18. The molecule has 2 heterocycles. The van der Waals surface area contributed by atoms with Gasteiger partial charge in [-0.3, -0.25) is 4.57 Å². The summed E-state index contributed by atoms with van der Waals surface area (Å²) in [7, 11) is 2.08. The van der Waals surface area contributed by atoms with Gasteiger partial charge in [-0.2, -0.15) is 0 Å². The van der Waals surface area contributed by atoms with Crippen molar-refractivity contribution in [3.05, 3.63) is 54.4 Å². The molecular formula is C21H22F3N3O2. The highest BCUT2D eigenvalue weighted by atomic mass is 19.4. The van der Waals surface area contributed by atoms with Gasteiger partial charge in [0, 0.05) is 13.1 Å². The molecule has 0 radical (unpaired) electrons. The van der Waals surface area contributed by atoms with Crippen molar-refractivity contribution in [3.8, 4) is 11.4 Å². The summed E-state index contributed by atoms with van der Waals surface area (Å²) in [5.74, 6) is 0.270. The van der Waals surface area contributed by atoms with Gasteiger partial charge in [0.15, 0.2) is 5.75 Å². The van der Waals surface area contributed by atoms with E-state index in [9.17, 15) is 13.2 Å². The van der Waals surface area contributed by atoms with E-state index in [-0.39, 0.29) is 24.1 Å². The third-order valence-electron chi connectivity index (χ3n) is 5.08. The quantitative estimate of drug-likeness (QED) is 0.625. The number of nitrogens with zero attached hydrogens (tertiary/aromatic N) is 3. The SMILES string of the molecule is CN1CCC(OCc2nc3ccccc3n2-c2ccccc2OC(F)(F)F)CC1. The fraction of sp³-hybridized carbons (Fsp3) is 0.381. The van der Waals surface area contributed by atoms with Gasteiger partial charge in [-0.05, 0) is 44.2 Å². The second-order valence-electron chi connectivity index (χ2n) is 7.18. The predicted octanol–water partition coefficient (Wildman–Crippen LogP) is 4.53. The number of aromatic nitrogens is 2. The normalized spacial score (nSPS) is 16.4. The third kappa shape index (κ3) is 4.54. The van der Waals surface area contributed by atoms with E-state index in [1.165, 1.54) is 12.1 Å². The molecule has 1 aromatic heterocycles. The smallest absolute Gasteiger partial charge is 0.404 e. The molecule has 0 spiro atoms. The molecule has 0 amide bonds. The summed E-state index contributed by atoms with van der Waals surface area (Å²) in [5.41, 5.74) is 1.67. The van der Waals surface area contributed by atoms with Crippen LogP contribution in [-0.4, -0.2) is 47.1 Å². The summed E-state index contributed by atoms with van der Waals surface area (Å²) in [6, 6.07) is 13.4. The number of alkyl halides is 3. The van der Waals surface area contributed by atoms with E-state index in [2.05, 4.69) is 21.7 Å². The first-order valence-electron chi connectivity index (χ1n) is 9.52. The topological polar surface area (TPSA) is 39.5 Å². The third-order valence-corrected chi connectivity index (χ3v) is 5.08. The Hall–Kier alpha value is -2.58. The molecule has 0 saturated carbocycles. The lowest BCUT2D eigenvalue weighted by atomic mass is 10.1. The fourth-order valence-electron chi connectivity index (χ4n) is 3.64. The van der Waals surface area contributed by atoms with E-state index in [0.717, 1.165) is 25.9 Å². The molecule has 0 unspecified atom stereocenters. The molecule has 3 aromatic rings. The first-order chi connectivity index (χ1) is 13.9. The molecule has 1 aliphatic heterocycles. The van der Waals surface area contributed by atoms with Crippen molar-refractivity contribution >= 4 is 11.0 Å². The maximum atomic E-state index is 12.9. The van der Waals surface area contributed by atoms with Gasteiger partial charge in [-0.25, -0.2) is 4.98 Å². The van der Waals surface area contributed by atoms with Gasteiger partial charge in [0.1, 0.15) is 12.4 Å². The molecule has 154 valence electrons. The molecular weight excluding hydrogens is 383 g/mol. The first-order valence-corrected chi connectivity index (χ1v) is 9.52. The van der Waals surface area contributed by atoms with Crippen molar-refractivity contribution in [2.45, 2.75) is 31.9 Å². The number of likely N-dealkylation sites (tertiary alicyclic amines) is 1. The Morgan fingerprint density at radius 3 is 2.48 bits per heavy atom. The Balaban J connectivity index is 1.70. The molecule has 1 saturated heterocycles. The molecule has 4 rings (SSSR count). The number of fused-ring (bicyclic) bond motifs is 1. The summed E-state index contributed by atoms with van der Waals surface area (Å²) in [6.07, 6.45) is -2.83. The number of hydrogen-bond donors (Lipinski definition) is 0. The van der Waals surface area contributed by atoms with Gasteiger partial charge in [0.2, 0.25) is 0 Å². The molecule has 1 fully saturated rings. The average molecular weight is 405 g/mol. The second kappa shape index (κ2) is 8.04. The van der Waals surface area contributed by atoms with E-state index >= 15 is 0 Å². The van der Waals surface area contributed by atoms with Gasteiger partial charge >= 0.3 is 6.36 Å². The Morgan fingerprint density at radius 1 is 1.03 bits per heavy atom. The van der Waals surface area contributed by atoms with Crippen LogP contribution in [0.1, 0.15) is 18.7 Å². The van der Waals surface area contributed by atoms with Crippen molar-refractivity contribution in [3.63, 3.8) is 0 Å². The van der Waals surface area contributed by atoms with Crippen LogP contribution in [0.2, 0.25) is 0 Å². The van der Waals surface area contributed by atoms with E-state index in [1.807, 2.05) is 24.3 Å². The summed E-state index contributed by atoms with van der Waals surface area (Å²) in [4.78, 5) is 6.87. The zero-order valence-corrected chi connectivity index (χ0v) is 16.0. The standard InChI is InChI=1S/C21H22F3N3O2/c1-26-12-10-15(11-13-26)28-14-20-25-16-6-2-3-7-17(16)27(20)18-8-4-5-9-19(18)29-21(22,23)24/h2-9,15H,10-14H2,1H3. The zero-order chi connectivity index (χ0) is 20.4. The maximum Gasteiger partial charge on any atom is 0.573 e. The minimum Gasteiger partial charge on any atom is -0.404 e. The molecule has 0 N–H and O–H groups in total. The molecule has 2 aromatic carbocycles. The highest BCUT2D eigenvalue weighted by molar-refractivity contribution is 5.79. The number of rotatable bonds is 5. The molecule has 0 atom stereocenters. The number of benzene rings is 2. The lowest BCUT2D eigenvalue weighted by Gasteiger charge is -2.28. The number of para-hydroxylation sites is 4. The number of piperidine rings is 1. The molecule has 1 aliphatic rings. The van der Waals surface area contributed by atoms with E-state index in [1.54, 1.807) is 16.7 Å². The fourth-order valence-corrected chi connectivity index (χ4v) is 3.64. The number of hydrogen-bond acceptors (Lipinski definition) is 4. The van der Waals surface area contributed by atoms with Crippen LogP contribution in [-0.2, 0) is 11.3 Å². The maximum absolute atomic E-state index is 12.9. The summed E-state index contributed by atoms with van der Waals surface area (Å²) in [6.45, 7) is 2.14. The van der Waals surface area contributed by atoms with E-state index in [0.29, 0.717) is 16.9 Å². The van der Waals surface area contributed by atoms with Crippen molar-refractivity contribution in [1.29, 1.82) is 0 Å². The monoisotopic (exact) mass is 405 g/mol. The van der Waals surface area contributed by atoms with Crippen molar-refractivity contribution < 1.29 is 22.6 Å². The van der Waals surface area contributed by atoms with Crippen LogP contribution in [0.25, 0.3) is 16.7 Å². The van der Waals surface area contributed by atoms with Crippen LogP contribution < -0.4 is 4.74 Å². The van der Waals surface area contributed by atoms with Crippen LogP contribution in [0.4, 0.5) is 13.2 Å². The minimum absolute atomic E-state index is 0.112. The molecule has 29 heavy (non-hydrogen) atoms. The largest absolute Gasteiger partial charge is 0.573 e. The van der Waals surface area contributed by atoms with Crippen molar-refractivity contribution in [1.82, 2.24) is 14.5 Å². The zero-order valence-electron chi connectivity index (χ0n) is 16.0. The Kier molecular flexibility index (Phi) is 5.47. The van der Waals surface area contributed by atoms with E-state index < -0.39 is 6.36 Å². The summed E-state index contributed by atoms with van der Waals surface area (Å²) in [5, 5.41) is 0. The summed E-state index contributed by atoms with van der Waals surface area (Å²) >= 11 is 0. The van der Waals surface area contributed by atoms with Crippen LogP contribution in [0, 0.1) is 0 Å². The first kappa shape index (κ1) is 19.7. The average Bonchev–Trinajstić information content (AvgIpc) is 3.05. The number of ether oxygens (including phenoxy) is 2. The highest BCUT2D eigenvalue weighted by Gasteiger charge is 2.32. The van der Waals surface area contributed by atoms with Gasteiger partial charge in [-0.1, -0.05) is 24.3 Å². The van der Waals surface area contributed by atoms with Gasteiger partial charge < -0.3 is 14.4 Å². The Labute approximate surface area is 166 Å². The van der Waals surface area contributed by atoms with E-state index in [4.69, 9.17) is 4.74 Å². The number of halogens is 3. The van der Waals surface area contributed by atoms with Gasteiger partial charge in [0.05, 0.1) is 22.8 Å². The predicted molar refractivity (Wildman–Crippen MR) is 103 cm³/mol. The Morgan fingerprint density at radius 2 is 1.72 bits per heavy atom. The van der Waals surface area contributed by atoms with Gasteiger partial charge in [0.25, 0.3) is 0 Å². The molecule has 0 bridgehead atoms.